The Kier molecular flexibility index (Phi) is 16.4. The number of halogens is 1. The topological polar surface area (TPSA) is 0 Å². The fourth-order valence-corrected chi connectivity index (χ4v) is 2.34. The van der Waals surface area contributed by atoms with Gasteiger partial charge in [0, 0.05) is 0 Å². The van der Waals surface area contributed by atoms with Gasteiger partial charge in [-0.25, -0.2) is 4.39 Å². The third kappa shape index (κ3) is 15.7. The summed E-state index contributed by atoms with van der Waals surface area (Å²) in [7, 11) is 0. The molecule has 0 N–H and O–H groups in total. The van der Waals surface area contributed by atoms with Gasteiger partial charge in [0.25, 0.3) is 0 Å². The minimum absolute atomic E-state index is 0.667. The van der Waals surface area contributed by atoms with Crippen LogP contribution in [0, 0.1) is 0 Å². The molecule has 0 aromatic heterocycles. The summed E-state index contributed by atoms with van der Waals surface area (Å²) in [6.07, 6.45) is 21.1. The molecule has 0 bridgehead atoms. The number of rotatable bonds is 14. The van der Waals surface area contributed by atoms with E-state index in [1.165, 1.54) is 77.0 Å². The van der Waals surface area contributed by atoms with Crippen LogP contribution in [0.1, 0.15) is 96.8 Å². The van der Waals surface area contributed by atoms with E-state index in [0.29, 0.717) is 6.33 Å². The molecule has 0 aromatic rings. The molecule has 0 radical (unpaired) electrons. The van der Waals surface area contributed by atoms with Crippen LogP contribution in [-0.2, 0) is 0 Å². The molecule has 0 saturated carbocycles. The Hall–Kier alpha value is -0.330. The van der Waals surface area contributed by atoms with E-state index < -0.39 is 0 Å². The molecule has 108 valence electrons. The summed E-state index contributed by atoms with van der Waals surface area (Å²) >= 11 is 0. The van der Waals surface area contributed by atoms with Crippen molar-refractivity contribution in [2.24, 2.45) is 0 Å². The quantitative estimate of drug-likeness (QED) is 0.295. The van der Waals surface area contributed by atoms with Crippen molar-refractivity contribution in [1.29, 1.82) is 0 Å². The Morgan fingerprint density at radius 2 is 1.00 bits per heavy atom. The molecule has 0 fully saturated rings. The van der Waals surface area contributed by atoms with Crippen molar-refractivity contribution in [1.82, 2.24) is 0 Å². The molecule has 1 heteroatoms. The Morgan fingerprint density at radius 3 is 1.39 bits per heavy atom. The van der Waals surface area contributed by atoms with Gasteiger partial charge in [-0.2, -0.15) is 0 Å². The largest absolute Gasteiger partial charge is 0.216 e. The maximum atomic E-state index is 11.7. The van der Waals surface area contributed by atoms with Gasteiger partial charge in [0.05, 0.1) is 6.33 Å². The molecule has 0 amide bonds. The lowest BCUT2D eigenvalue weighted by Crippen LogP contribution is -1.82. The van der Waals surface area contributed by atoms with Gasteiger partial charge in [0.15, 0.2) is 0 Å². The Morgan fingerprint density at radius 1 is 0.611 bits per heavy atom. The van der Waals surface area contributed by atoms with Crippen LogP contribution < -0.4 is 0 Å². The van der Waals surface area contributed by atoms with Crippen LogP contribution in [-0.4, -0.2) is 0 Å². The second-order valence-electron chi connectivity index (χ2n) is 5.39. The molecule has 0 atom stereocenters. The Balaban J connectivity index is 2.90. The lowest BCUT2D eigenvalue weighted by Gasteiger charge is -2.02. The SMILES string of the molecule is CCCCCCCCCCCCCCC/C=C\F. The summed E-state index contributed by atoms with van der Waals surface area (Å²) < 4.78 is 11.7. The summed E-state index contributed by atoms with van der Waals surface area (Å²) in [6.45, 7) is 2.27. The van der Waals surface area contributed by atoms with E-state index in [0.717, 1.165) is 12.8 Å². The lowest BCUT2D eigenvalue weighted by molar-refractivity contribution is 0.540. The standard InChI is InChI=1S/C17H33F/c1-2-3-4-5-6-7-8-9-10-11-12-13-14-15-16-17-18/h16-17H,2-15H2,1H3/b17-16-. The van der Waals surface area contributed by atoms with Gasteiger partial charge in [-0.1, -0.05) is 90.0 Å². The van der Waals surface area contributed by atoms with Gasteiger partial charge in [-0.15, -0.1) is 0 Å². The Bertz CT molecular complexity index is 163. The minimum atomic E-state index is 0.667. The first kappa shape index (κ1) is 17.7. The molecule has 0 rings (SSSR count). The van der Waals surface area contributed by atoms with Crippen LogP contribution in [0.3, 0.4) is 0 Å². The third-order valence-electron chi connectivity index (χ3n) is 3.56. The van der Waals surface area contributed by atoms with Gasteiger partial charge in [-0.3, -0.25) is 0 Å². The number of unbranched alkanes of at least 4 members (excludes halogenated alkanes) is 13. The molecule has 0 aromatic carbocycles. The minimum Gasteiger partial charge on any atom is -0.216 e. The first-order chi connectivity index (χ1) is 8.91. The molecular formula is C17H33F. The maximum Gasteiger partial charge on any atom is 0.0827 e. The van der Waals surface area contributed by atoms with Crippen molar-refractivity contribution in [3.63, 3.8) is 0 Å². The van der Waals surface area contributed by atoms with Crippen molar-refractivity contribution >= 4 is 0 Å². The first-order valence-corrected chi connectivity index (χ1v) is 8.17. The van der Waals surface area contributed by atoms with E-state index in [9.17, 15) is 4.39 Å². The number of hydrogen-bond donors (Lipinski definition) is 0. The predicted octanol–water partition coefficient (Wildman–Crippen LogP) is 6.95. The highest BCUT2D eigenvalue weighted by Gasteiger charge is 1.93. The summed E-state index contributed by atoms with van der Waals surface area (Å²) in [4.78, 5) is 0. The van der Waals surface area contributed by atoms with Crippen molar-refractivity contribution in [3.05, 3.63) is 12.4 Å². The normalized spacial score (nSPS) is 11.4. The molecule has 0 saturated heterocycles. The van der Waals surface area contributed by atoms with E-state index in [-0.39, 0.29) is 0 Å². The summed E-state index contributed by atoms with van der Waals surface area (Å²) in [6, 6.07) is 0. The first-order valence-electron chi connectivity index (χ1n) is 8.17. The van der Waals surface area contributed by atoms with Gasteiger partial charge in [0.2, 0.25) is 0 Å². The highest BCUT2D eigenvalue weighted by atomic mass is 19.1. The molecule has 0 unspecified atom stereocenters. The van der Waals surface area contributed by atoms with Gasteiger partial charge in [0.1, 0.15) is 0 Å². The molecular weight excluding hydrogens is 223 g/mol. The maximum absolute atomic E-state index is 11.7. The highest BCUT2D eigenvalue weighted by Crippen LogP contribution is 2.12. The summed E-state index contributed by atoms with van der Waals surface area (Å²) in [5.41, 5.74) is 0. The van der Waals surface area contributed by atoms with E-state index in [2.05, 4.69) is 6.92 Å². The molecule has 0 heterocycles. The fourth-order valence-electron chi connectivity index (χ4n) is 2.34. The number of hydrogen-bond acceptors (Lipinski definition) is 0. The smallest absolute Gasteiger partial charge is 0.0827 e. The molecule has 18 heavy (non-hydrogen) atoms. The van der Waals surface area contributed by atoms with Crippen molar-refractivity contribution in [2.75, 3.05) is 0 Å². The fraction of sp³-hybridized carbons (Fsp3) is 0.882. The molecule has 0 aliphatic carbocycles. The monoisotopic (exact) mass is 256 g/mol. The van der Waals surface area contributed by atoms with Crippen LogP contribution in [0.5, 0.6) is 0 Å². The van der Waals surface area contributed by atoms with E-state index in [1.54, 1.807) is 6.08 Å². The number of allylic oxidation sites excluding steroid dienone is 1. The molecule has 0 aliphatic rings. The second-order valence-corrected chi connectivity index (χ2v) is 5.39. The predicted molar refractivity (Wildman–Crippen MR) is 80.6 cm³/mol. The Labute approximate surface area is 114 Å². The van der Waals surface area contributed by atoms with Crippen LogP contribution in [0.25, 0.3) is 0 Å². The zero-order valence-corrected chi connectivity index (χ0v) is 12.4. The van der Waals surface area contributed by atoms with E-state index in [1.807, 2.05) is 0 Å². The van der Waals surface area contributed by atoms with Gasteiger partial charge < -0.3 is 0 Å². The van der Waals surface area contributed by atoms with E-state index >= 15 is 0 Å². The summed E-state index contributed by atoms with van der Waals surface area (Å²) in [5.74, 6) is 0. The van der Waals surface area contributed by atoms with Crippen LogP contribution in [0.15, 0.2) is 12.4 Å². The van der Waals surface area contributed by atoms with Crippen molar-refractivity contribution in [2.45, 2.75) is 96.8 Å². The zero-order valence-electron chi connectivity index (χ0n) is 12.4. The van der Waals surface area contributed by atoms with Gasteiger partial charge >= 0.3 is 0 Å². The van der Waals surface area contributed by atoms with Crippen molar-refractivity contribution < 1.29 is 4.39 Å². The third-order valence-corrected chi connectivity index (χ3v) is 3.56. The van der Waals surface area contributed by atoms with Crippen molar-refractivity contribution in [3.8, 4) is 0 Å². The van der Waals surface area contributed by atoms with Gasteiger partial charge in [-0.05, 0) is 12.8 Å². The zero-order chi connectivity index (χ0) is 13.3. The second kappa shape index (κ2) is 16.7. The average Bonchev–Trinajstić information content (AvgIpc) is 2.39. The summed E-state index contributed by atoms with van der Waals surface area (Å²) in [5, 5.41) is 0. The van der Waals surface area contributed by atoms with Crippen LogP contribution >= 0.6 is 0 Å². The molecule has 0 nitrogen and oxygen atoms in total. The van der Waals surface area contributed by atoms with Crippen LogP contribution in [0.2, 0.25) is 0 Å². The molecule has 0 spiro atoms. The van der Waals surface area contributed by atoms with E-state index in [4.69, 9.17) is 0 Å². The van der Waals surface area contributed by atoms with Crippen LogP contribution in [0.4, 0.5) is 4.39 Å². The average molecular weight is 256 g/mol. The highest BCUT2D eigenvalue weighted by molar-refractivity contribution is 4.71. The molecule has 0 aliphatic heterocycles. The lowest BCUT2D eigenvalue weighted by atomic mass is 10.0.